The van der Waals surface area contributed by atoms with Gasteiger partial charge >= 0.3 is 0 Å². The van der Waals surface area contributed by atoms with Crippen LogP contribution in [-0.2, 0) is 0 Å². The fraction of sp³-hybridized carbons (Fsp3) is 0. The van der Waals surface area contributed by atoms with Crippen molar-refractivity contribution < 1.29 is 4.79 Å². The summed E-state index contributed by atoms with van der Waals surface area (Å²) in [4.78, 5) is 25.8. The van der Waals surface area contributed by atoms with Crippen LogP contribution in [0.3, 0.4) is 0 Å². The monoisotopic (exact) mass is 407 g/mol. The van der Waals surface area contributed by atoms with Gasteiger partial charge in [-0.2, -0.15) is 9.67 Å². The molecule has 5 aromatic rings. The van der Waals surface area contributed by atoms with Gasteiger partial charge in [0.25, 0.3) is 5.91 Å². The smallest absolute Gasteiger partial charge is 0.258 e. The number of carbonyl (C=O) groups excluding carboxylic acids is 1. The number of para-hydroxylation sites is 2. The molecule has 3 aromatic carbocycles. The summed E-state index contributed by atoms with van der Waals surface area (Å²) >= 11 is 0. The standard InChI is InChI=1S/C23H17N7O/c31-21(16-9-3-1-4-10-16)27-23-28-22(29-30(23)17-11-5-2-6-12-17)26-20-18-13-7-8-14-19(18)24-15-25-20/h1-15H,(H2,24,25,26,27,28,29,31). The number of benzene rings is 3. The van der Waals surface area contributed by atoms with Crippen molar-refractivity contribution in [3.05, 3.63) is 96.8 Å². The summed E-state index contributed by atoms with van der Waals surface area (Å²) in [6, 6.07) is 26.1. The first-order valence-corrected chi connectivity index (χ1v) is 9.63. The normalized spacial score (nSPS) is 10.7. The van der Waals surface area contributed by atoms with Crippen LogP contribution >= 0.6 is 0 Å². The Bertz CT molecular complexity index is 1350. The average Bonchev–Trinajstić information content (AvgIpc) is 3.22. The molecule has 0 spiro atoms. The van der Waals surface area contributed by atoms with E-state index in [0.29, 0.717) is 23.3 Å². The van der Waals surface area contributed by atoms with Crippen molar-refractivity contribution in [2.75, 3.05) is 10.6 Å². The molecule has 31 heavy (non-hydrogen) atoms. The molecule has 0 fully saturated rings. The van der Waals surface area contributed by atoms with E-state index in [4.69, 9.17) is 0 Å². The lowest BCUT2D eigenvalue weighted by Gasteiger charge is -2.06. The SMILES string of the molecule is O=C(Nc1nc(Nc2ncnc3ccccc23)nn1-c1ccccc1)c1ccccc1. The van der Waals surface area contributed by atoms with Crippen LogP contribution in [-0.4, -0.2) is 30.6 Å². The van der Waals surface area contributed by atoms with Crippen LogP contribution in [0.15, 0.2) is 91.3 Å². The fourth-order valence-corrected chi connectivity index (χ4v) is 3.17. The molecule has 150 valence electrons. The Morgan fingerprint density at radius 3 is 2.32 bits per heavy atom. The molecule has 8 heteroatoms. The van der Waals surface area contributed by atoms with Gasteiger partial charge in [0.2, 0.25) is 11.9 Å². The zero-order chi connectivity index (χ0) is 21.0. The van der Waals surface area contributed by atoms with Crippen molar-refractivity contribution in [3.63, 3.8) is 0 Å². The highest BCUT2D eigenvalue weighted by molar-refractivity contribution is 6.03. The van der Waals surface area contributed by atoms with E-state index in [1.807, 2.05) is 72.8 Å². The molecule has 0 aliphatic carbocycles. The summed E-state index contributed by atoms with van der Waals surface area (Å²) in [6.45, 7) is 0. The third-order valence-corrected chi connectivity index (χ3v) is 4.64. The molecule has 0 saturated heterocycles. The number of rotatable bonds is 5. The molecule has 0 unspecified atom stereocenters. The molecule has 2 heterocycles. The lowest BCUT2D eigenvalue weighted by Crippen LogP contribution is -2.15. The lowest BCUT2D eigenvalue weighted by atomic mass is 10.2. The summed E-state index contributed by atoms with van der Waals surface area (Å²) in [5.41, 5.74) is 2.10. The van der Waals surface area contributed by atoms with Gasteiger partial charge in [0.15, 0.2) is 0 Å². The highest BCUT2D eigenvalue weighted by Gasteiger charge is 2.16. The number of carbonyl (C=O) groups is 1. The Morgan fingerprint density at radius 1 is 0.806 bits per heavy atom. The molecular weight excluding hydrogens is 390 g/mol. The Labute approximate surface area is 177 Å². The van der Waals surface area contributed by atoms with E-state index >= 15 is 0 Å². The largest absolute Gasteiger partial charge is 0.307 e. The molecule has 0 aliphatic heterocycles. The van der Waals surface area contributed by atoms with Crippen molar-refractivity contribution in [1.82, 2.24) is 24.7 Å². The predicted molar refractivity (Wildman–Crippen MR) is 119 cm³/mol. The van der Waals surface area contributed by atoms with Gasteiger partial charge in [0.05, 0.1) is 11.2 Å². The van der Waals surface area contributed by atoms with Gasteiger partial charge in [0.1, 0.15) is 12.1 Å². The molecule has 1 amide bonds. The number of anilines is 3. The Balaban J connectivity index is 1.52. The molecule has 0 atom stereocenters. The summed E-state index contributed by atoms with van der Waals surface area (Å²) in [5, 5.41) is 11.4. The van der Waals surface area contributed by atoms with Gasteiger partial charge < -0.3 is 5.32 Å². The fourth-order valence-electron chi connectivity index (χ4n) is 3.17. The van der Waals surface area contributed by atoms with E-state index in [-0.39, 0.29) is 5.91 Å². The molecule has 8 nitrogen and oxygen atoms in total. The molecule has 2 N–H and O–H groups in total. The molecule has 2 aromatic heterocycles. The van der Waals surface area contributed by atoms with Gasteiger partial charge in [-0.05, 0) is 36.4 Å². The topological polar surface area (TPSA) is 97.6 Å². The average molecular weight is 407 g/mol. The van der Waals surface area contributed by atoms with Crippen LogP contribution in [0.5, 0.6) is 0 Å². The summed E-state index contributed by atoms with van der Waals surface area (Å²) in [5.74, 6) is 0.901. The molecular formula is C23H17N7O. The number of aromatic nitrogens is 5. The third kappa shape index (κ3) is 3.82. The van der Waals surface area contributed by atoms with Crippen molar-refractivity contribution in [2.45, 2.75) is 0 Å². The van der Waals surface area contributed by atoms with E-state index < -0.39 is 0 Å². The molecule has 5 rings (SSSR count). The molecule has 0 saturated carbocycles. The second-order valence-corrected chi connectivity index (χ2v) is 6.69. The van der Waals surface area contributed by atoms with Crippen molar-refractivity contribution in [1.29, 1.82) is 0 Å². The van der Waals surface area contributed by atoms with Crippen LogP contribution < -0.4 is 10.6 Å². The van der Waals surface area contributed by atoms with Crippen LogP contribution in [0.2, 0.25) is 0 Å². The zero-order valence-corrected chi connectivity index (χ0v) is 16.3. The van der Waals surface area contributed by atoms with E-state index in [1.54, 1.807) is 16.8 Å². The van der Waals surface area contributed by atoms with Crippen molar-refractivity contribution in [3.8, 4) is 5.69 Å². The minimum atomic E-state index is -0.274. The highest BCUT2D eigenvalue weighted by Crippen LogP contribution is 2.23. The molecule has 0 aliphatic rings. The van der Waals surface area contributed by atoms with Gasteiger partial charge in [-0.15, -0.1) is 5.10 Å². The maximum absolute atomic E-state index is 12.7. The van der Waals surface area contributed by atoms with Gasteiger partial charge in [-0.3, -0.25) is 10.1 Å². The summed E-state index contributed by atoms with van der Waals surface area (Å²) in [7, 11) is 0. The minimum absolute atomic E-state index is 0.274. The van der Waals surface area contributed by atoms with Crippen molar-refractivity contribution >= 4 is 34.5 Å². The Kier molecular flexibility index (Phi) is 4.78. The van der Waals surface area contributed by atoms with Crippen molar-refractivity contribution in [2.24, 2.45) is 0 Å². The number of fused-ring (bicyclic) bond motifs is 1. The van der Waals surface area contributed by atoms with E-state index in [9.17, 15) is 4.79 Å². The third-order valence-electron chi connectivity index (χ3n) is 4.64. The van der Waals surface area contributed by atoms with E-state index in [2.05, 4.69) is 30.7 Å². The number of hydrogen-bond donors (Lipinski definition) is 2. The number of nitrogens with one attached hydrogen (secondary N) is 2. The van der Waals surface area contributed by atoms with E-state index in [1.165, 1.54) is 6.33 Å². The van der Waals surface area contributed by atoms with E-state index in [0.717, 1.165) is 16.6 Å². The van der Waals surface area contributed by atoms with Crippen LogP contribution in [0, 0.1) is 0 Å². The molecule has 0 radical (unpaired) electrons. The van der Waals surface area contributed by atoms with Gasteiger partial charge in [-0.1, -0.05) is 48.5 Å². The number of amides is 1. The van der Waals surface area contributed by atoms with Crippen LogP contribution in [0.4, 0.5) is 17.7 Å². The highest BCUT2D eigenvalue weighted by atomic mass is 16.1. The van der Waals surface area contributed by atoms with Gasteiger partial charge in [-0.25, -0.2) is 9.97 Å². The molecule has 0 bridgehead atoms. The predicted octanol–water partition coefficient (Wildman–Crippen LogP) is 4.21. The maximum Gasteiger partial charge on any atom is 0.258 e. The van der Waals surface area contributed by atoms with Gasteiger partial charge in [0, 0.05) is 10.9 Å². The summed E-state index contributed by atoms with van der Waals surface area (Å²) < 4.78 is 1.58. The second-order valence-electron chi connectivity index (χ2n) is 6.69. The Hall–Kier alpha value is -4.59. The quantitative estimate of drug-likeness (QED) is 0.453. The summed E-state index contributed by atoms with van der Waals surface area (Å²) in [6.07, 6.45) is 1.48. The second kappa shape index (κ2) is 8.03. The maximum atomic E-state index is 12.7. The lowest BCUT2D eigenvalue weighted by molar-refractivity contribution is 0.102. The van der Waals surface area contributed by atoms with Crippen LogP contribution in [0.1, 0.15) is 10.4 Å². The Morgan fingerprint density at radius 2 is 1.52 bits per heavy atom. The first-order valence-electron chi connectivity index (χ1n) is 9.63. The minimum Gasteiger partial charge on any atom is -0.307 e. The zero-order valence-electron chi connectivity index (χ0n) is 16.3. The first kappa shape index (κ1) is 18.4. The number of nitrogens with zero attached hydrogens (tertiary/aromatic N) is 5. The first-order chi connectivity index (χ1) is 15.3. The van der Waals surface area contributed by atoms with Crippen LogP contribution in [0.25, 0.3) is 16.6 Å². The number of hydrogen-bond acceptors (Lipinski definition) is 6.